The maximum atomic E-state index is 12.2. The van der Waals surface area contributed by atoms with Crippen molar-refractivity contribution in [3.8, 4) is 0 Å². The lowest BCUT2D eigenvalue weighted by Gasteiger charge is -2.28. The molecule has 0 spiro atoms. The molecule has 1 aliphatic rings. The largest absolute Gasteiger partial charge is 0.326 e. The van der Waals surface area contributed by atoms with Gasteiger partial charge in [-0.3, -0.25) is 0 Å². The molecular weight excluding hydrogens is 292 g/mol. The molecule has 1 saturated carbocycles. The highest BCUT2D eigenvalue weighted by Gasteiger charge is 2.28. The molecule has 102 valence electrons. The zero-order chi connectivity index (χ0) is 13.3. The molecule has 1 aliphatic carbocycles. The van der Waals surface area contributed by atoms with Gasteiger partial charge in [0.25, 0.3) is 0 Å². The topological polar surface area (TPSA) is 72.2 Å². The van der Waals surface area contributed by atoms with Crippen molar-refractivity contribution < 1.29 is 8.42 Å². The van der Waals surface area contributed by atoms with Crippen LogP contribution in [0.2, 0.25) is 4.34 Å². The van der Waals surface area contributed by atoms with Crippen LogP contribution in [0, 0.1) is 6.92 Å². The van der Waals surface area contributed by atoms with Crippen LogP contribution in [0.5, 0.6) is 0 Å². The van der Waals surface area contributed by atoms with Crippen LogP contribution in [0.4, 0.5) is 0 Å². The van der Waals surface area contributed by atoms with Crippen LogP contribution in [0.1, 0.15) is 31.2 Å². The maximum absolute atomic E-state index is 12.2. The number of sulfonamides is 1. The minimum atomic E-state index is -3.49. The Labute approximate surface area is 117 Å². The molecule has 7 heteroatoms. The van der Waals surface area contributed by atoms with E-state index in [4.69, 9.17) is 17.3 Å². The van der Waals surface area contributed by atoms with Crippen molar-refractivity contribution in [3.63, 3.8) is 0 Å². The number of rotatable bonds is 3. The quantitative estimate of drug-likeness (QED) is 0.899. The Bertz CT molecular complexity index is 508. The summed E-state index contributed by atoms with van der Waals surface area (Å²) in [7, 11) is -3.49. The predicted molar refractivity (Wildman–Crippen MR) is 74.6 cm³/mol. The van der Waals surface area contributed by atoms with Gasteiger partial charge in [-0.2, -0.15) is 0 Å². The Morgan fingerprint density at radius 3 is 2.67 bits per heavy atom. The van der Waals surface area contributed by atoms with E-state index < -0.39 is 10.0 Å². The van der Waals surface area contributed by atoms with E-state index in [-0.39, 0.29) is 16.3 Å². The van der Waals surface area contributed by atoms with Crippen molar-refractivity contribution in [3.05, 3.63) is 16.0 Å². The van der Waals surface area contributed by atoms with Gasteiger partial charge in [0.05, 0.1) is 4.34 Å². The molecule has 1 heterocycles. The van der Waals surface area contributed by atoms with Crippen molar-refractivity contribution in [2.75, 3.05) is 0 Å². The van der Waals surface area contributed by atoms with Crippen LogP contribution in [0.15, 0.2) is 10.3 Å². The number of hydrogen-bond donors (Lipinski definition) is 2. The van der Waals surface area contributed by atoms with E-state index in [9.17, 15) is 8.42 Å². The molecule has 0 aliphatic heterocycles. The van der Waals surface area contributed by atoms with Crippen LogP contribution in [-0.2, 0) is 10.0 Å². The smallest absolute Gasteiger partial charge is 0.250 e. The van der Waals surface area contributed by atoms with Gasteiger partial charge in [0.1, 0.15) is 4.21 Å². The first kappa shape index (κ1) is 14.3. The minimum Gasteiger partial charge on any atom is -0.326 e. The average molecular weight is 309 g/mol. The van der Waals surface area contributed by atoms with E-state index in [1.54, 1.807) is 13.0 Å². The van der Waals surface area contributed by atoms with Crippen LogP contribution in [0.25, 0.3) is 0 Å². The Balaban J connectivity index is 2.16. The van der Waals surface area contributed by atoms with Gasteiger partial charge in [0, 0.05) is 12.1 Å². The third kappa shape index (κ3) is 3.05. The lowest BCUT2D eigenvalue weighted by atomic mass is 9.92. The molecule has 1 aromatic rings. The van der Waals surface area contributed by atoms with E-state index in [0.717, 1.165) is 42.6 Å². The highest BCUT2D eigenvalue weighted by Crippen LogP contribution is 2.30. The minimum absolute atomic E-state index is 0.0925. The number of thiophene rings is 1. The van der Waals surface area contributed by atoms with Gasteiger partial charge in [0.15, 0.2) is 0 Å². The predicted octanol–water partition coefficient (Wildman–Crippen LogP) is 2.26. The summed E-state index contributed by atoms with van der Waals surface area (Å²) in [6, 6.07) is 1.35. The Hall–Kier alpha value is -0.140. The molecule has 0 radical (unpaired) electrons. The summed E-state index contributed by atoms with van der Waals surface area (Å²) in [5.74, 6) is 0. The standard InChI is InChI=1S/C11H17ClN2O2S2/c1-7-6-10(17-11(7)12)18(15,16)14-9-5-3-2-4-8(9)13/h6,8-9,14H,2-5,13H2,1H3. The van der Waals surface area contributed by atoms with E-state index >= 15 is 0 Å². The molecule has 2 unspecified atom stereocenters. The van der Waals surface area contributed by atoms with Gasteiger partial charge in [-0.1, -0.05) is 24.4 Å². The molecule has 0 saturated heterocycles. The Kier molecular flexibility index (Phi) is 4.33. The van der Waals surface area contributed by atoms with E-state index in [0.29, 0.717) is 4.34 Å². The van der Waals surface area contributed by atoms with Gasteiger partial charge < -0.3 is 5.73 Å². The van der Waals surface area contributed by atoms with Crippen LogP contribution in [0.3, 0.4) is 0 Å². The first-order chi connectivity index (χ1) is 8.40. The second-order valence-corrected chi connectivity index (χ2v) is 8.29. The average Bonchev–Trinajstić information content (AvgIpc) is 2.63. The SMILES string of the molecule is Cc1cc(S(=O)(=O)NC2CCCCC2N)sc1Cl. The number of nitrogens with one attached hydrogen (secondary N) is 1. The second kappa shape index (κ2) is 5.46. The first-order valence-electron chi connectivity index (χ1n) is 5.94. The van der Waals surface area contributed by atoms with Gasteiger partial charge in [-0.25, -0.2) is 13.1 Å². The van der Waals surface area contributed by atoms with Crippen molar-refractivity contribution in [2.45, 2.75) is 48.9 Å². The normalized spacial score (nSPS) is 25.3. The molecule has 4 nitrogen and oxygen atoms in total. The Morgan fingerprint density at radius 1 is 1.44 bits per heavy atom. The van der Waals surface area contributed by atoms with Crippen LogP contribution < -0.4 is 10.5 Å². The maximum Gasteiger partial charge on any atom is 0.250 e. The fourth-order valence-electron chi connectivity index (χ4n) is 2.13. The molecule has 0 aromatic carbocycles. The highest BCUT2D eigenvalue weighted by atomic mass is 35.5. The number of aryl methyl sites for hydroxylation is 1. The molecule has 18 heavy (non-hydrogen) atoms. The number of hydrogen-bond acceptors (Lipinski definition) is 4. The van der Waals surface area contributed by atoms with E-state index in [1.165, 1.54) is 0 Å². The number of halogens is 1. The van der Waals surface area contributed by atoms with Gasteiger partial charge >= 0.3 is 0 Å². The summed E-state index contributed by atoms with van der Waals surface area (Å²) in [5.41, 5.74) is 6.74. The summed E-state index contributed by atoms with van der Waals surface area (Å²) >= 11 is 6.99. The van der Waals surface area contributed by atoms with Crippen molar-refractivity contribution in [1.82, 2.24) is 4.72 Å². The Morgan fingerprint density at radius 2 is 2.11 bits per heavy atom. The molecule has 1 fully saturated rings. The van der Waals surface area contributed by atoms with Gasteiger partial charge in [-0.05, 0) is 31.4 Å². The molecule has 3 N–H and O–H groups in total. The third-order valence-electron chi connectivity index (χ3n) is 3.23. The molecule has 0 bridgehead atoms. The van der Waals surface area contributed by atoms with E-state index in [1.807, 2.05) is 0 Å². The lowest BCUT2D eigenvalue weighted by Crippen LogP contribution is -2.49. The highest BCUT2D eigenvalue weighted by molar-refractivity contribution is 7.91. The van der Waals surface area contributed by atoms with E-state index in [2.05, 4.69) is 4.72 Å². The number of nitrogens with two attached hydrogens (primary N) is 1. The van der Waals surface area contributed by atoms with Gasteiger partial charge in [0.2, 0.25) is 10.0 Å². The fraction of sp³-hybridized carbons (Fsp3) is 0.636. The summed E-state index contributed by atoms with van der Waals surface area (Å²) in [4.78, 5) is 0. The third-order valence-corrected chi connectivity index (χ3v) is 6.74. The lowest BCUT2D eigenvalue weighted by molar-refractivity contribution is 0.361. The van der Waals surface area contributed by atoms with Crippen molar-refractivity contribution in [1.29, 1.82) is 0 Å². The zero-order valence-electron chi connectivity index (χ0n) is 10.1. The summed E-state index contributed by atoms with van der Waals surface area (Å²) in [6.07, 6.45) is 3.77. The molecular formula is C11H17ClN2O2S2. The van der Waals surface area contributed by atoms with Crippen molar-refractivity contribution in [2.24, 2.45) is 5.73 Å². The zero-order valence-corrected chi connectivity index (χ0v) is 12.5. The second-order valence-electron chi connectivity index (χ2n) is 4.70. The van der Waals surface area contributed by atoms with Crippen LogP contribution in [-0.4, -0.2) is 20.5 Å². The van der Waals surface area contributed by atoms with Gasteiger partial charge in [-0.15, -0.1) is 11.3 Å². The first-order valence-corrected chi connectivity index (χ1v) is 8.62. The van der Waals surface area contributed by atoms with Crippen molar-refractivity contribution >= 4 is 33.0 Å². The fourth-order valence-corrected chi connectivity index (χ4v) is 5.17. The monoisotopic (exact) mass is 308 g/mol. The summed E-state index contributed by atoms with van der Waals surface area (Å²) < 4.78 is 27.9. The molecule has 2 atom stereocenters. The summed E-state index contributed by atoms with van der Waals surface area (Å²) in [5, 5.41) is 0. The van der Waals surface area contributed by atoms with Crippen LogP contribution >= 0.6 is 22.9 Å². The molecule has 2 rings (SSSR count). The summed E-state index contributed by atoms with van der Waals surface area (Å²) in [6.45, 7) is 1.80. The molecule has 0 amide bonds. The molecule has 1 aromatic heterocycles.